The predicted octanol–water partition coefficient (Wildman–Crippen LogP) is 4.01. The lowest BCUT2D eigenvalue weighted by Crippen LogP contribution is -2.20. The smallest absolute Gasteiger partial charge is 0.262 e. The fraction of sp³-hybridized carbons (Fsp3) is 0.133. The van der Waals surface area contributed by atoms with Gasteiger partial charge in [-0.25, -0.2) is 0 Å². The van der Waals surface area contributed by atoms with Crippen LogP contribution in [0.5, 0.6) is 5.75 Å². The lowest BCUT2D eigenvalue weighted by atomic mass is 10.2. The fourth-order valence-corrected chi connectivity index (χ4v) is 2.63. The van der Waals surface area contributed by atoms with Gasteiger partial charge in [0.15, 0.2) is 6.61 Å². The quantitative estimate of drug-likeness (QED) is 0.800. The summed E-state index contributed by atoms with van der Waals surface area (Å²) in [4.78, 5) is 11.9. The number of aryl methyl sites for hydroxylation is 1. The molecule has 0 spiro atoms. The molecular formula is C15H14BrClN2O2. The van der Waals surface area contributed by atoms with Gasteiger partial charge in [-0.05, 0) is 42.8 Å². The Balaban J connectivity index is 1.99. The molecule has 0 aliphatic carbocycles. The maximum absolute atomic E-state index is 11.9. The van der Waals surface area contributed by atoms with Crippen LogP contribution in [-0.4, -0.2) is 12.5 Å². The third-order valence-corrected chi connectivity index (χ3v) is 3.42. The molecule has 0 radical (unpaired) electrons. The molecular weight excluding hydrogens is 356 g/mol. The Hall–Kier alpha value is -1.72. The van der Waals surface area contributed by atoms with Crippen molar-refractivity contribution in [1.29, 1.82) is 0 Å². The van der Waals surface area contributed by atoms with Gasteiger partial charge in [0.25, 0.3) is 5.91 Å². The number of amides is 1. The van der Waals surface area contributed by atoms with Crippen LogP contribution in [0.25, 0.3) is 0 Å². The summed E-state index contributed by atoms with van der Waals surface area (Å²) in [5.74, 6) is 0.235. The molecule has 2 rings (SSSR count). The van der Waals surface area contributed by atoms with Crippen molar-refractivity contribution in [2.24, 2.45) is 0 Å². The SMILES string of the molecule is Cc1cc(Br)cc(N)c1OCC(=O)Nc1cccc(Cl)c1. The summed E-state index contributed by atoms with van der Waals surface area (Å²) in [7, 11) is 0. The molecule has 0 atom stereocenters. The minimum absolute atomic E-state index is 0.126. The highest BCUT2D eigenvalue weighted by molar-refractivity contribution is 9.10. The van der Waals surface area contributed by atoms with E-state index in [1.807, 2.05) is 13.0 Å². The van der Waals surface area contributed by atoms with Crippen molar-refractivity contribution in [3.8, 4) is 5.75 Å². The Morgan fingerprint density at radius 3 is 2.81 bits per heavy atom. The molecule has 21 heavy (non-hydrogen) atoms. The number of nitrogens with two attached hydrogens (primary N) is 1. The molecule has 110 valence electrons. The van der Waals surface area contributed by atoms with Crippen molar-refractivity contribution in [3.05, 3.63) is 51.5 Å². The zero-order chi connectivity index (χ0) is 15.4. The van der Waals surface area contributed by atoms with E-state index in [-0.39, 0.29) is 12.5 Å². The van der Waals surface area contributed by atoms with Crippen molar-refractivity contribution in [3.63, 3.8) is 0 Å². The molecule has 2 aromatic rings. The van der Waals surface area contributed by atoms with Gasteiger partial charge in [-0.1, -0.05) is 33.6 Å². The number of nitrogens with one attached hydrogen (secondary N) is 1. The second-order valence-electron chi connectivity index (χ2n) is 4.49. The number of rotatable bonds is 4. The predicted molar refractivity (Wildman–Crippen MR) is 88.9 cm³/mol. The Morgan fingerprint density at radius 1 is 1.38 bits per heavy atom. The normalized spacial score (nSPS) is 10.2. The third-order valence-electron chi connectivity index (χ3n) is 2.72. The number of nitrogen functional groups attached to an aromatic ring is 1. The van der Waals surface area contributed by atoms with E-state index in [0.717, 1.165) is 10.0 Å². The summed E-state index contributed by atoms with van der Waals surface area (Å²) in [5, 5.41) is 3.26. The van der Waals surface area contributed by atoms with Gasteiger partial charge in [0.05, 0.1) is 5.69 Å². The summed E-state index contributed by atoms with van der Waals surface area (Å²) in [6, 6.07) is 10.5. The molecule has 0 saturated heterocycles. The van der Waals surface area contributed by atoms with Crippen LogP contribution in [0.1, 0.15) is 5.56 Å². The van der Waals surface area contributed by atoms with Crippen LogP contribution < -0.4 is 15.8 Å². The van der Waals surface area contributed by atoms with Gasteiger partial charge in [-0.3, -0.25) is 4.79 Å². The lowest BCUT2D eigenvalue weighted by Gasteiger charge is -2.12. The third kappa shape index (κ3) is 4.37. The summed E-state index contributed by atoms with van der Waals surface area (Å²) in [6.45, 7) is 1.74. The number of hydrogen-bond acceptors (Lipinski definition) is 3. The van der Waals surface area contributed by atoms with E-state index in [9.17, 15) is 4.79 Å². The number of carbonyl (C=O) groups excluding carboxylic acids is 1. The van der Waals surface area contributed by atoms with Crippen LogP contribution in [0, 0.1) is 6.92 Å². The maximum atomic E-state index is 11.9. The van der Waals surface area contributed by atoms with E-state index < -0.39 is 0 Å². The summed E-state index contributed by atoms with van der Waals surface area (Å²) in [6.07, 6.45) is 0. The maximum Gasteiger partial charge on any atom is 0.262 e. The van der Waals surface area contributed by atoms with Gasteiger partial charge >= 0.3 is 0 Å². The highest BCUT2D eigenvalue weighted by Crippen LogP contribution is 2.30. The van der Waals surface area contributed by atoms with E-state index in [4.69, 9.17) is 22.1 Å². The van der Waals surface area contributed by atoms with Crippen LogP contribution >= 0.6 is 27.5 Å². The van der Waals surface area contributed by atoms with Crippen LogP contribution in [0.15, 0.2) is 40.9 Å². The van der Waals surface area contributed by atoms with Gasteiger partial charge < -0.3 is 15.8 Å². The van der Waals surface area contributed by atoms with Crippen LogP contribution in [0.3, 0.4) is 0 Å². The number of ether oxygens (including phenoxy) is 1. The second-order valence-corrected chi connectivity index (χ2v) is 5.84. The van der Waals surface area contributed by atoms with E-state index in [1.165, 1.54) is 0 Å². The number of carbonyl (C=O) groups is 1. The zero-order valence-corrected chi connectivity index (χ0v) is 13.7. The fourth-order valence-electron chi connectivity index (χ4n) is 1.85. The molecule has 0 aromatic heterocycles. The molecule has 0 aliphatic heterocycles. The standard InChI is InChI=1S/C15H14BrClN2O2/c1-9-5-10(16)6-13(18)15(9)21-8-14(20)19-12-4-2-3-11(17)7-12/h2-7H,8,18H2,1H3,(H,19,20). The number of halogens is 2. The second kappa shape index (κ2) is 6.83. The van der Waals surface area contributed by atoms with E-state index in [1.54, 1.807) is 30.3 Å². The molecule has 6 heteroatoms. The van der Waals surface area contributed by atoms with Crippen LogP contribution in [-0.2, 0) is 4.79 Å². The zero-order valence-electron chi connectivity index (χ0n) is 11.3. The first-order chi connectivity index (χ1) is 9.95. The summed E-state index contributed by atoms with van der Waals surface area (Å²) in [5.41, 5.74) is 7.84. The molecule has 1 amide bonds. The first-order valence-electron chi connectivity index (χ1n) is 6.19. The van der Waals surface area contributed by atoms with Crippen LogP contribution in [0.4, 0.5) is 11.4 Å². The van der Waals surface area contributed by atoms with Crippen molar-refractivity contribution in [2.45, 2.75) is 6.92 Å². The summed E-state index contributed by atoms with van der Waals surface area (Å²) >= 11 is 9.20. The Morgan fingerprint density at radius 2 is 2.14 bits per heavy atom. The first-order valence-corrected chi connectivity index (χ1v) is 7.36. The van der Waals surface area contributed by atoms with Gasteiger partial charge in [-0.2, -0.15) is 0 Å². The Labute approximate surface area is 136 Å². The van der Waals surface area contributed by atoms with Crippen molar-refractivity contribution in [2.75, 3.05) is 17.7 Å². The van der Waals surface area contributed by atoms with Gasteiger partial charge in [-0.15, -0.1) is 0 Å². The Kier molecular flexibility index (Phi) is 5.09. The molecule has 0 aliphatic rings. The molecule has 2 aromatic carbocycles. The van der Waals surface area contributed by atoms with E-state index in [2.05, 4.69) is 21.2 Å². The highest BCUT2D eigenvalue weighted by Gasteiger charge is 2.09. The molecule has 0 heterocycles. The molecule has 0 fully saturated rings. The van der Waals surface area contributed by atoms with Crippen LogP contribution in [0.2, 0.25) is 5.02 Å². The first kappa shape index (κ1) is 15.7. The number of anilines is 2. The van der Waals surface area contributed by atoms with Gasteiger partial charge in [0.2, 0.25) is 0 Å². The van der Waals surface area contributed by atoms with E-state index >= 15 is 0 Å². The molecule has 3 N–H and O–H groups in total. The van der Waals surface area contributed by atoms with Gasteiger partial charge in [0.1, 0.15) is 5.75 Å². The average molecular weight is 370 g/mol. The topological polar surface area (TPSA) is 64.3 Å². The molecule has 0 saturated carbocycles. The average Bonchev–Trinajstić information content (AvgIpc) is 2.37. The number of hydrogen-bond donors (Lipinski definition) is 2. The van der Waals surface area contributed by atoms with Gasteiger partial charge in [0, 0.05) is 15.2 Å². The summed E-state index contributed by atoms with van der Waals surface area (Å²) < 4.78 is 6.36. The molecule has 0 unspecified atom stereocenters. The Bertz CT molecular complexity index is 653. The largest absolute Gasteiger partial charge is 0.481 e. The lowest BCUT2D eigenvalue weighted by molar-refractivity contribution is -0.118. The monoisotopic (exact) mass is 368 g/mol. The minimum atomic E-state index is -0.279. The highest BCUT2D eigenvalue weighted by atomic mass is 79.9. The van der Waals surface area contributed by atoms with Crippen molar-refractivity contribution in [1.82, 2.24) is 0 Å². The van der Waals surface area contributed by atoms with Crippen molar-refractivity contribution < 1.29 is 9.53 Å². The molecule has 4 nitrogen and oxygen atoms in total. The number of benzene rings is 2. The van der Waals surface area contributed by atoms with Crippen molar-refractivity contribution >= 4 is 44.8 Å². The van der Waals surface area contributed by atoms with E-state index in [0.29, 0.717) is 22.1 Å². The minimum Gasteiger partial charge on any atom is -0.481 e. The molecule has 0 bridgehead atoms.